The molecule has 3 rings (SSSR count). The first kappa shape index (κ1) is 20.5. The molecule has 0 spiro atoms. The van der Waals surface area contributed by atoms with Crippen LogP contribution in [0.2, 0.25) is 0 Å². The van der Waals surface area contributed by atoms with Crippen LogP contribution in [0, 0.1) is 0 Å². The lowest BCUT2D eigenvalue weighted by Crippen LogP contribution is -2.64. The van der Waals surface area contributed by atoms with Crippen molar-refractivity contribution in [1.29, 1.82) is 0 Å². The van der Waals surface area contributed by atoms with Gasteiger partial charge >= 0.3 is 5.97 Å². The Labute approximate surface area is 168 Å². The van der Waals surface area contributed by atoms with Crippen molar-refractivity contribution in [1.82, 2.24) is 10.2 Å². The highest BCUT2D eigenvalue weighted by Crippen LogP contribution is 2.28. The van der Waals surface area contributed by atoms with Crippen molar-refractivity contribution >= 4 is 17.8 Å². The number of nitrogens with zero attached hydrogens (tertiary/aromatic N) is 1. The lowest BCUT2D eigenvalue weighted by atomic mass is 9.99. The number of ether oxygens (including phenoxy) is 2. The molecule has 0 aromatic heterocycles. The van der Waals surface area contributed by atoms with Crippen LogP contribution in [0.4, 0.5) is 0 Å². The molecule has 0 bridgehead atoms. The fourth-order valence-electron chi connectivity index (χ4n) is 3.19. The number of methoxy groups -OCH3 is 2. The third kappa shape index (κ3) is 4.28. The molecule has 1 aromatic rings. The van der Waals surface area contributed by atoms with Crippen molar-refractivity contribution in [2.75, 3.05) is 20.8 Å². The van der Waals surface area contributed by atoms with Crippen LogP contribution in [-0.2, 0) is 30.3 Å². The lowest BCUT2D eigenvalue weighted by Gasteiger charge is -2.39. The number of aliphatic carboxylic acids is 1. The Balaban J connectivity index is 1.68. The molecule has 8 heteroatoms. The molecule has 1 aliphatic heterocycles. The second-order valence-corrected chi connectivity index (χ2v) is 6.64. The Morgan fingerprint density at radius 3 is 2.31 bits per heavy atom. The van der Waals surface area contributed by atoms with Crippen LogP contribution in [0.1, 0.15) is 5.56 Å². The second kappa shape index (κ2) is 8.42. The molecule has 2 amide bonds. The second-order valence-electron chi connectivity index (χ2n) is 6.64. The molecule has 8 nitrogen and oxygen atoms in total. The molecule has 1 atom stereocenters. The van der Waals surface area contributed by atoms with Crippen molar-refractivity contribution < 1.29 is 29.0 Å². The van der Waals surface area contributed by atoms with Gasteiger partial charge in [0.1, 0.15) is 11.7 Å². The number of carboxylic acid groups (broad SMARTS) is 1. The van der Waals surface area contributed by atoms with Gasteiger partial charge in [-0.15, -0.1) is 0 Å². The number of likely N-dealkylation sites (tertiary alicyclic amines) is 1. The number of β-lactam (4-membered cyclic amide) rings is 1. The van der Waals surface area contributed by atoms with Gasteiger partial charge in [0, 0.05) is 19.8 Å². The van der Waals surface area contributed by atoms with Gasteiger partial charge in [-0.2, -0.15) is 0 Å². The van der Waals surface area contributed by atoms with Crippen LogP contribution in [0.5, 0.6) is 0 Å². The van der Waals surface area contributed by atoms with Gasteiger partial charge in [-0.05, 0) is 17.7 Å². The fourth-order valence-corrected chi connectivity index (χ4v) is 3.19. The predicted molar refractivity (Wildman–Crippen MR) is 103 cm³/mol. The zero-order valence-corrected chi connectivity index (χ0v) is 16.1. The standard InChI is InChI=1S/C21H22N2O6/c1-28-21(29-2)10-8-15(9-11-21)18(20(26)27)23-13-16(19(23)25)22-17(24)12-14-6-4-3-5-7-14/h3-11,16H,12-13H2,1-2H3,(H,22,24)(H,26,27)/t16-/m1/s1. The van der Waals surface area contributed by atoms with Crippen LogP contribution in [0.15, 0.2) is 65.9 Å². The molecule has 29 heavy (non-hydrogen) atoms. The third-order valence-electron chi connectivity index (χ3n) is 4.85. The Morgan fingerprint density at radius 2 is 1.79 bits per heavy atom. The smallest absolute Gasteiger partial charge is 0.353 e. The highest BCUT2D eigenvalue weighted by molar-refractivity contribution is 6.01. The zero-order valence-electron chi connectivity index (χ0n) is 16.1. The molecule has 2 aliphatic rings. The summed E-state index contributed by atoms with van der Waals surface area (Å²) < 4.78 is 10.5. The molecule has 1 aliphatic carbocycles. The van der Waals surface area contributed by atoms with Gasteiger partial charge < -0.3 is 24.8 Å². The maximum Gasteiger partial charge on any atom is 0.353 e. The molecular weight excluding hydrogens is 376 g/mol. The van der Waals surface area contributed by atoms with Gasteiger partial charge in [0.05, 0.1) is 13.0 Å². The third-order valence-corrected chi connectivity index (χ3v) is 4.85. The van der Waals surface area contributed by atoms with E-state index in [4.69, 9.17) is 9.47 Å². The first-order valence-corrected chi connectivity index (χ1v) is 9.00. The molecule has 152 valence electrons. The minimum Gasteiger partial charge on any atom is -0.477 e. The van der Waals surface area contributed by atoms with Gasteiger partial charge in [-0.25, -0.2) is 4.79 Å². The van der Waals surface area contributed by atoms with Crippen LogP contribution in [0.3, 0.4) is 0 Å². The maximum atomic E-state index is 12.5. The van der Waals surface area contributed by atoms with Gasteiger partial charge in [0.2, 0.25) is 11.7 Å². The molecule has 0 unspecified atom stereocenters. The van der Waals surface area contributed by atoms with Gasteiger partial charge in [-0.3, -0.25) is 9.59 Å². The number of hydrogen-bond donors (Lipinski definition) is 2. The average molecular weight is 398 g/mol. The highest BCUT2D eigenvalue weighted by Gasteiger charge is 2.42. The Morgan fingerprint density at radius 1 is 1.17 bits per heavy atom. The van der Waals surface area contributed by atoms with E-state index in [1.165, 1.54) is 26.4 Å². The number of amides is 2. The van der Waals surface area contributed by atoms with E-state index in [0.29, 0.717) is 5.57 Å². The number of hydrogen-bond acceptors (Lipinski definition) is 5. The zero-order chi connectivity index (χ0) is 21.0. The Hall–Kier alpha value is -3.23. The Bertz CT molecular complexity index is 881. The molecule has 1 heterocycles. The van der Waals surface area contributed by atoms with Gasteiger partial charge in [0.25, 0.3) is 5.91 Å². The fraction of sp³-hybridized carbons (Fsp3) is 0.286. The average Bonchev–Trinajstić information content (AvgIpc) is 2.73. The van der Waals surface area contributed by atoms with E-state index >= 15 is 0 Å². The SMILES string of the molecule is COC1(OC)C=CC(=C(C(=O)O)N2C[C@@H](NC(=O)Cc3ccccc3)C2=O)C=C1. The number of carbonyl (C=O) groups is 3. The minimum atomic E-state index is -1.24. The summed E-state index contributed by atoms with van der Waals surface area (Å²) in [6.07, 6.45) is 6.35. The van der Waals surface area contributed by atoms with E-state index < -0.39 is 23.7 Å². The van der Waals surface area contributed by atoms with Crippen LogP contribution < -0.4 is 5.32 Å². The molecule has 1 fully saturated rings. The predicted octanol–water partition coefficient (Wildman–Crippen LogP) is 1.01. The van der Waals surface area contributed by atoms with Crippen molar-refractivity contribution in [3.05, 3.63) is 71.5 Å². The summed E-state index contributed by atoms with van der Waals surface area (Å²) in [6, 6.07) is 8.42. The summed E-state index contributed by atoms with van der Waals surface area (Å²) in [4.78, 5) is 37.6. The number of carbonyl (C=O) groups excluding carboxylic acids is 2. The summed E-state index contributed by atoms with van der Waals surface area (Å²) in [5, 5.41) is 12.3. The van der Waals surface area contributed by atoms with Crippen molar-refractivity contribution in [3.8, 4) is 0 Å². The van der Waals surface area contributed by atoms with Gasteiger partial charge in [0.15, 0.2) is 0 Å². The summed E-state index contributed by atoms with van der Waals surface area (Å²) in [7, 11) is 2.93. The first-order chi connectivity index (χ1) is 13.9. The van der Waals surface area contributed by atoms with E-state index in [2.05, 4.69) is 5.32 Å². The minimum absolute atomic E-state index is 0.0892. The topological polar surface area (TPSA) is 105 Å². The summed E-state index contributed by atoms with van der Waals surface area (Å²) in [5.74, 6) is -3.06. The van der Waals surface area contributed by atoms with E-state index in [1.807, 2.05) is 30.3 Å². The largest absolute Gasteiger partial charge is 0.477 e. The van der Waals surface area contributed by atoms with Crippen molar-refractivity contribution in [3.63, 3.8) is 0 Å². The van der Waals surface area contributed by atoms with E-state index in [-0.39, 0.29) is 24.6 Å². The van der Waals surface area contributed by atoms with Crippen LogP contribution in [0.25, 0.3) is 0 Å². The van der Waals surface area contributed by atoms with E-state index in [0.717, 1.165) is 10.5 Å². The highest BCUT2D eigenvalue weighted by atomic mass is 16.7. The molecule has 0 saturated carbocycles. The summed E-state index contributed by atoms with van der Waals surface area (Å²) in [5.41, 5.74) is 1.01. The van der Waals surface area contributed by atoms with E-state index in [1.54, 1.807) is 12.2 Å². The number of rotatable bonds is 7. The molecule has 1 aromatic carbocycles. The van der Waals surface area contributed by atoms with Gasteiger partial charge in [-0.1, -0.05) is 42.5 Å². The first-order valence-electron chi connectivity index (χ1n) is 9.00. The quantitative estimate of drug-likeness (QED) is 0.404. The normalized spacial score (nSPS) is 19.7. The van der Waals surface area contributed by atoms with Crippen molar-refractivity contribution in [2.24, 2.45) is 0 Å². The number of nitrogens with one attached hydrogen (secondary N) is 1. The van der Waals surface area contributed by atoms with Crippen molar-refractivity contribution in [2.45, 2.75) is 18.2 Å². The number of benzene rings is 1. The monoisotopic (exact) mass is 398 g/mol. The number of allylic oxidation sites excluding steroid dienone is 3. The molecular formula is C21H22N2O6. The molecule has 2 N–H and O–H groups in total. The molecule has 0 radical (unpaired) electrons. The van der Waals surface area contributed by atoms with Crippen LogP contribution in [-0.4, -0.2) is 60.4 Å². The summed E-state index contributed by atoms with van der Waals surface area (Å²) in [6.45, 7) is 0.0892. The number of carboxylic acids is 1. The van der Waals surface area contributed by atoms with Crippen LogP contribution >= 0.6 is 0 Å². The lowest BCUT2D eigenvalue weighted by molar-refractivity contribution is -0.148. The summed E-state index contributed by atoms with van der Waals surface area (Å²) >= 11 is 0. The van der Waals surface area contributed by atoms with E-state index in [9.17, 15) is 19.5 Å². The maximum absolute atomic E-state index is 12.5. The Kier molecular flexibility index (Phi) is 5.95. The molecule has 1 saturated heterocycles.